The summed E-state index contributed by atoms with van der Waals surface area (Å²) in [5, 5.41) is 10.1. The first-order chi connectivity index (χ1) is 10.9. The van der Waals surface area contributed by atoms with Crippen LogP contribution in [0, 0.1) is 17.3 Å². The summed E-state index contributed by atoms with van der Waals surface area (Å²) in [5.74, 6) is 2.26. The summed E-state index contributed by atoms with van der Waals surface area (Å²) in [6, 6.07) is 0. The van der Waals surface area contributed by atoms with Gasteiger partial charge in [-0.2, -0.15) is 5.10 Å². The number of carbonyl (C=O) groups is 1. The molecule has 6 heteroatoms. The molecule has 1 aliphatic carbocycles. The molecule has 1 saturated carbocycles. The van der Waals surface area contributed by atoms with Gasteiger partial charge in [-0.05, 0) is 43.4 Å². The normalized spacial score (nSPS) is 30.3. The van der Waals surface area contributed by atoms with Crippen LogP contribution in [0.4, 0.5) is 0 Å². The highest BCUT2D eigenvalue weighted by Gasteiger charge is 2.35. The van der Waals surface area contributed by atoms with E-state index in [1.54, 1.807) is 0 Å². The van der Waals surface area contributed by atoms with Gasteiger partial charge in [0.1, 0.15) is 11.9 Å². The summed E-state index contributed by atoms with van der Waals surface area (Å²) >= 11 is 0. The van der Waals surface area contributed by atoms with E-state index in [0.717, 1.165) is 32.3 Å². The Balaban J connectivity index is 1.52. The summed E-state index contributed by atoms with van der Waals surface area (Å²) in [6.07, 6.45) is 5.17. The van der Waals surface area contributed by atoms with E-state index in [4.69, 9.17) is 4.74 Å². The molecule has 2 fully saturated rings. The van der Waals surface area contributed by atoms with Crippen molar-refractivity contribution in [3.63, 3.8) is 0 Å². The highest BCUT2D eigenvalue weighted by molar-refractivity contribution is 5.78. The molecule has 2 aliphatic rings. The van der Waals surface area contributed by atoms with E-state index < -0.39 is 0 Å². The molecule has 3 atom stereocenters. The second kappa shape index (κ2) is 6.59. The third-order valence-electron chi connectivity index (χ3n) is 4.95. The number of amides is 1. The molecule has 1 aromatic heterocycles. The van der Waals surface area contributed by atoms with E-state index >= 15 is 0 Å². The zero-order valence-corrected chi connectivity index (χ0v) is 14.4. The number of nitrogens with zero attached hydrogens (tertiary/aromatic N) is 2. The Bertz CT molecular complexity index is 549. The van der Waals surface area contributed by atoms with Crippen LogP contribution in [0.15, 0.2) is 0 Å². The second-order valence-electron chi connectivity index (χ2n) is 7.97. The largest absolute Gasteiger partial charge is 0.370 e. The van der Waals surface area contributed by atoms with Gasteiger partial charge < -0.3 is 10.1 Å². The molecule has 3 rings (SSSR count). The van der Waals surface area contributed by atoms with Crippen molar-refractivity contribution < 1.29 is 9.53 Å². The van der Waals surface area contributed by atoms with Gasteiger partial charge in [-0.1, -0.05) is 20.8 Å². The minimum Gasteiger partial charge on any atom is -0.370 e. The molecule has 1 saturated heterocycles. The molecular weight excluding hydrogens is 292 g/mol. The number of aromatic nitrogens is 3. The number of carbonyl (C=O) groups excluding carboxylic acids is 1. The summed E-state index contributed by atoms with van der Waals surface area (Å²) in [4.78, 5) is 16.9. The average molecular weight is 320 g/mol. The Morgan fingerprint density at radius 1 is 1.43 bits per heavy atom. The molecule has 128 valence electrons. The Morgan fingerprint density at radius 3 is 2.96 bits per heavy atom. The second-order valence-corrected chi connectivity index (χ2v) is 7.97. The van der Waals surface area contributed by atoms with Gasteiger partial charge in [-0.3, -0.25) is 9.89 Å². The van der Waals surface area contributed by atoms with Crippen LogP contribution in [0.3, 0.4) is 0 Å². The lowest BCUT2D eigenvalue weighted by Gasteiger charge is -2.38. The predicted octanol–water partition coefficient (Wildman–Crippen LogP) is 2.73. The molecule has 6 nitrogen and oxygen atoms in total. The monoisotopic (exact) mass is 320 g/mol. The van der Waals surface area contributed by atoms with E-state index in [-0.39, 0.29) is 23.3 Å². The van der Waals surface area contributed by atoms with E-state index in [2.05, 4.69) is 41.3 Å². The van der Waals surface area contributed by atoms with E-state index in [1.807, 2.05) is 0 Å². The lowest BCUT2D eigenvalue weighted by Crippen LogP contribution is -2.38. The lowest BCUT2D eigenvalue weighted by atomic mass is 9.68. The maximum absolute atomic E-state index is 12.5. The zero-order chi connectivity index (χ0) is 16.4. The molecule has 3 unspecified atom stereocenters. The number of ether oxygens (including phenoxy) is 1. The van der Waals surface area contributed by atoms with Crippen LogP contribution in [0.5, 0.6) is 0 Å². The molecule has 0 aromatic carbocycles. The molecule has 1 amide bonds. The number of aromatic amines is 1. The number of rotatable bonds is 4. The Morgan fingerprint density at radius 2 is 2.26 bits per heavy atom. The predicted molar refractivity (Wildman–Crippen MR) is 86.4 cm³/mol. The molecule has 0 spiro atoms. The zero-order valence-electron chi connectivity index (χ0n) is 14.4. The highest BCUT2D eigenvalue weighted by atomic mass is 16.5. The average Bonchev–Trinajstić information content (AvgIpc) is 3.13. The minimum absolute atomic E-state index is 0.00990. The van der Waals surface area contributed by atoms with Crippen LogP contribution in [0.25, 0.3) is 0 Å². The van der Waals surface area contributed by atoms with Gasteiger partial charge in [0.25, 0.3) is 0 Å². The summed E-state index contributed by atoms with van der Waals surface area (Å²) in [5.41, 5.74) is 0.249. The van der Waals surface area contributed by atoms with Crippen LogP contribution in [-0.2, 0) is 16.1 Å². The van der Waals surface area contributed by atoms with Gasteiger partial charge in [0.2, 0.25) is 5.91 Å². The fourth-order valence-electron chi connectivity index (χ4n) is 4.18. The molecule has 1 aromatic rings. The maximum Gasteiger partial charge on any atom is 0.223 e. The van der Waals surface area contributed by atoms with E-state index in [9.17, 15) is 4.79 Å². The molecule has 2 N–H and O–H groups in total. The lowest BCUT2D eigenvalue weighted by molar-refractivity contribution is -0.128. The van der Waals surface area contributed by atoms with Gasteiger partial charge in [-0.25, -0.2) is 4.98 Å². The molecular formula is C17H28N4O2. The van der Waals surface area contributed by atoms with Gasteiger partial charge >= 0.3 is 0 Å². The molecule has 1 aliphatic heterocycles. The Kier molecular flexibility index (Phi) is 4.71. The smallest absolute Gasteiger partial charge is 0.223 e. The molecule has 0 bridgehead atoms. The van der Waals surface area contributed by atoms with Gasteiger partial charge in [0.15, 0.2) is 5.82 Å². The molecule has 23 heavy (non-hydrogen) atoms. The van der Waals surface area contributed by atoms with Crippen molar-refractivity contribution in [1.82, 2.24) is 20.5 Å². The third-order valence-corrected chi connectivity index (χ3v) is 4.95. The van der Waals surface area contributed by atoms with Crippen molar-refractivity contribution in [2.75, 3.05) is 6.61 Å². The number of hydrogen-bond acceptors (Lipinski definition) is 4. The number of H-pyrrole nitrogens is 1. The van der Waals surface area contributed by atoms with Crippen LogP contribution < -0.4 is 5.32 Å². The van der Waals surface area contributed by atoms with E-state index in [0.29, 0.717) is 24.1 Å². The Labute approximate surface area is 137 Å². The first-order valence-corrected chi connectivity index (χ1v) is 8.73. The van der Waals surface area contributed by atoms with Gasteiger partial charge in [0, 0.05) is 12.5 Å². The standard InChI is InChI=1S/C17H28N4O2/c1-11-7-12(9-17(2,3)8-11)16(22)18-10-14-19-15(21-20-14)13-5-4-6-23-13/h11-13H,4-10H2,1-3H3,(H,18,22)(H,19,20,21). The summed E-state index contributed by atoms with van der Waals surface area (Å²) in [6.45, 7) is 7.94. The van der Waals surface area contributed by atoms with E-state index in [1.165, 1.54) is 6.42 Å². The maximum atomic E-state index is 12.5. The summed E-state index contributed by atoms with van der Waals surface area (Å²) in [7, 11) is 0. The van der Waals surface area contributed by atoms with Crippen LogP contribution in [0.2, 0.25) is 0 Å². The van der Waals surface area contributed by atoms with Crippen LogP contribution in [-0.4, -0.2) is 27.7 Å². The molecule has 0 radical (unpaired) electrons. The fraction of sp³-hybridized carbons (Fsp3) is 0.824. The van der Waals surface area contributed by atoms with Crippen LogP contribution in [0.1, 0.15) is 70.6 Å². The van der Waals surface area contributed by atoms with Crippen molar-refractivity contribution >= 4 is 5.91 Å². The first-order valence-electron chi connectivity index (χ1n) is 8.73. The fourth-order valence-corrected chi connectivity index (χ4v) is 4.18. The third kappa shape index (κ3) is 4.10. The van der Waals surface area contributed by atoms with Gasteiger partial charge in [-0.15, -0.1) is 0 Å². The molecule has 2 heterocycles. The van der Waals surface area contributed by atoms with Crippen molar-refractivity contribution in [3.8, 4) is 0 Å². The quantitative estimate of drug-likeness (QED) is 0.894. The topological polar surface area (TPSA) is 79.9 Å². The van der Waals surface area contributed by atoms with Crippen molar-refractivity contribution in [2.45, 2.75) is 65.5 Å². The van der Waals surface area contributed by atoms with Crippen molar-refractivity contribution in [3.05, 3.63) is 11.6 Å². The first kappa shape index (κ1) is 16.4. The number of nitrogens with one attached hydrogen (secondary N) is 2. The van der Waals surface area contributed by atoms with Crippen molar-refractivity contribution in [1.29, 1.82) is 0 Å². The van der Waals surface area contributed by atoms with Crippen molar-refractivity contribution in [2.24, 2.45) is 17.3 Å². The Hall–Kier alpha value is -1.43. The summed E-state index contributed by atoms with van der Waals surface area (Å²) < 4.78 is 5.58. The highest BCUT2D eigenvalue weighted by Crippen LogP contribution is 2.41. The SMILES string of the molecule is CC1CC(C(=O)NCc2nc(C3CCCO3)n[nH]2)CC(C)(C)C1. The van der Waals surface area contributed by atoms with Gasteiger partial charge in [0.05, 0.1) is 6.54 Å². The van der Waals surface area contributed by atoms with Crippen LogP contribution >= 0.6 is 0 Å². The number of hydrogen-bond donors (Lipinski definition) is 2. The minimum atomic E-state index is 0.00990.